The highest BCUT2D eigenvalue weighted by atomic mass is 16.3. The fourth-order valence-corrected chi connectivity index (χ4v) is 1.21. The van der Waals surface area contributed by atoms with Crippen LogP contribution in [0.2, 0.25) is 0 Å². The molecule has 0 saturated heterocycles. The molecule has 0 saturated carbocycles. The zero-order valence-corrected chi connectivity index (χ0v) is 8.20. The summed E-state index contributed by atoms with van der Waals surface area (Å²) < 4.78 is 0. The molecule has 0 heterocycles. The van der Waals surface area contributed by atoms with Gasteiger partial charge in [-0.05, 0) is 6.07 Å². The Morgan fingerprint density at radius 3 is 2.56 bits per heavy atom. The second kappa shape index (κ2) is 5.18. The molecular weight excluding hydrogens is 212 g/mol. The smallest absolute Gasteiger partial charge is 0.249 e. The second-order valence-corrected chi connectivity index (χ2v) is 3.05. The predicted octanol–water partition coefficient (Wildman–Crippen LogP) is -0.467. The van der Waals surface area contributed by atoms with Gasteiger partial charge in [0, 0.05) is 5.56 Å². The van der Waals surface area contributed by atoms with Crippen LogP contribution in [0.25, 0.3) is 0 Å². The minimum absolute atomic E-state index is 0.130. The molecule has 0 aliphatic rings. The standard InChI is InChI=1S/C10H10N2O4/c11-10(16)9(15)8(14)6-3-1-2-4-7(6)12-5-13/h1-4,8-9,14-15H,(H2,11,16). The summed E-state index contributed by atoms with van der Waals surface area (Å²) in [4.78, 5) is 24.2. The van der Waals surface area contributed by atoms with E-state index in [1.807, 2.05) is 0 Å². The van der Waals surface area contributed by atoms with Crippen LogP contribution in [0.4, 0.5) is 5.69 Å². The molecule has 0 aliphatic carbocycles. The summed E-state index contributed by atoms with van der Waals surface area (Å²) in [6.45, 7) is 0. The third-order valence-corrected chi connectivity index (χ3v) is 2.01. The topological polar surface area (TPSA) is 113 Å². The van der Waals surface area contributed by atoms with E-state index in [9.17, 15) is 19.8 Å². The lowest BCUT2D eigenvalue weighted by Crippen LogP contribution is -2.33. The minimum Gasteiger partial charge on any atom is -0.385 e. The van der Waals surface area contributed by atoms with E-state index < -0.39 is 18.1 Å². The van der Waals surface area contributed by atoms with Crippen molar-refractivity contribution in [2.75, 3.05) is 0 Å². The molecule has 2 unspecified atom stereocenters. The van der Waals surface area contributed by atoms with Gasteiger partial charge >= 0.3 is 0 Å². The van der Waals surface area contributed by atoms with E-state index in [-0.39, 0.29) is 11.3 Å². The number of aliphatic imine (C=N–C) groups is 1. The summed E-state index contributed by atoms with van der Waals surface area (Å²) in [5.41, 5.74) is 5.11. The molecule has 1 rings (SSSR count). The Hall–Kier alpha value is -2.01. The number of aliphatic hydroxyl groups excluding tert-OH is 2. The molecule has 0 bridgehead atoms. The van der Waals surface area contributed by atoms with Gasteiger partial charge in [0.15, 0.2) is 6.10 Å². The summed E-state index contributed by atoms with van der Waals surface area (Å²) in [5.74, 6) is -1.06. The van der Waals surface area contributed by atoms with Crippen LogP contribution in [0.5, 0.6) is 0 Å². The lowest BCUT2D eigenvalue weighted by molar-refractivity contribution is -0.131. The maximum Gasteiger partial charge on any atom is 0.249 e. The molecule has 1 amide bonds. The molecule has 1 aromatic rings. The average molecular weight is 222 g/mol. The number of hydrogen-bond donors (Lipinski definition) is 3. The number of aliphatic hydroxyl groups is 2. The van der Waals surface area contributed by atoms with Crippen molar-refractivity contribution in [2.24, 2.45) is 10.7 Å². The number of hydrogen-bond acceptors (Lipinski definition) is 5. The van der Waals surface area contributed by atoms with Gasteiger partial charge in [0.05, 0.1) is 5.69 Å². The molecular formula is C10H10N2O4. The summed E-state index contributed by atoms with van der Waals surface area (Å²) in [5, 5.41) is 18.9. The van der Waals surface area contributed by atoms with Crippen molar-refractivity contribution >= 4 is 17.7 Å². The molecule has 0 aromatic heterocycles. The van der Waals surface area contributed by atoms with E-state index in [0.717, 1.165) is 0 Å². The van der Waals surface area contributed by atoms with Crippen LogP contribution in [0.3, 0.4) is 0 Å². The summed E-state index contributed by atoms with van der Waals surface area (Å²) >= 11 is 0. The number of amides is 1. The van der Waals surface area contributed by atoms with Crippen molar-refractivity contribution in [1.29, 1.82) is 0 Å². The second-order valence-electron chi connectivity index (χ2n) is 3.05. The van der Waals surface area contributed by atoms with Crippen LogP contribution < -0.4 is 5.73 Å². The predicted molar refractivity (Wildman–Crippen MR) is 54.4 cm³/mol. The third kappa shape index (κ3) is 2.52. The first-order valence-electron chi connectivity index (χ1n) is 4.40. The van der Waals surface area contributed by atoms with Crippen LogP contribution in [0, 0.1) is 0 Å². The van der Waals surface area contributed by atoms with E-state index in [4.69, 9.17) is 5.73 Å². The van der Waals surface area contributed by atoms with Crippen molar-refractivity contribution < 1.29 is 19.8 Å². The number of para-hydroxylation sites is 1. The number of rotatable bonds is 4. The molecule has 0 aliphatic heterocycles. The lowest BCUT2D eigenvalue weighted by atomic mass is 10.0. The molecule has 84 valence electrons. The van der Waals surface area contributed by atoms with E-state index in [2.05, 4.69) is 4.99 Å². The van der Waals surface area contributed by atoms with E-state index in [1.165, 1.54) is 18.2 Å². The molecule has 16 heavy (non-hydrogen) atoms. The first kappa shape index (κ1) is 12.1. The number of carbonyl (C=O) groups is 1. The highest BCUT2D eigenvalue weighted by molar-refractivity contribution is 5.79. The SMILES string of the molecule is NC(=O)C(O)C(O)c1ccccc1N=C=O. The largest absolute Gasteiger partial charge is 0.385 e. The van der Waals surface area contributed by atoms with Crippen molar-refractivity contribution in [3.63, 3.8) is 0 Å². The molecule has 0 spiro atoms. The molecule has 6 nitrogen and oxygen atoms in total. The van der Waals surface area contributed by atoms with Gasteiger partial charge in [-0.2, -0.15) is 4.99 Å². The van der Waals surface area contributed by atoms with Gasteiger partial charge in [0.2, 0.25) is 12.0 Å². The van der Waals surface area contributed by atoms with E-state index in [0.29, 0.717) is 0 Å². The Labute approximate surface area is 91.0 Å². The number of primary amides is 1. The highest BCUT2D eigenvalue weighted by Crippen LogP contribution is 2.26. The van der Waals surface area contributed by atoms with Crippen molar-refractivity contribution in [3.8, 4) is 0 Å². The summed E-state index contributed by atoms with van der Waals surface area (Å²) in [7, 11) is 0. The van der Waals surface area contributed by atoms with Gasteiger partial charge in [0.25, 0.3) is 0 Å². The average Bonchev–Trinajstić information content (AvgIpc) is 2.28. The molecule has 4 N–H and O–H groups in total. The molecule has 0 fully saturated rings. The van der Waals surface area contributed by atoms with Crippen LogP contribution >= 0.6 is 0 Å². The summed E-state index contributed by atoms with van der Waals surface area (Å²) in [6.07, 6.45) is -1.96. The number of carbonyl (C=O) groups excluding carboxylic acids is 2. The fourth-order valence-electron chi connectivity index (χ4n) is 1.21. The number of nitrogens with zero attached hydrogens (tertiary/aromatic N) is 1. The first-order valence-corrected chi connectivity index (χ1v) is 4.40. The Bertz CT molecular complexity index is 440. The van der Waals surface area contributed by atoms with Gasteiger partial charge in [-0.3, -0.25) is 4.79 Å². The minimum atomic E-state index is -1.75. The third-order valence-electron chi connectivity index (χ3n) is 2.01. The van der Waals surface area contributed by atoms with Crippen LogP contribution in [0.1, 0.15) is 11.7 Å². The fraction of sp³-hybridized carbons (Fsp3) is 0.200. The zero-order valence-electron chi connectivity index (χ0n) is 8.20. The Morgan fingerprint density at radius 2 is 2.00 bits per heavy atom. The molecule has 6 heteroatoms. The Balaban J connectivity index is 3.12. The molecule has 1 aromatic carbocycles. The molecule has 0 radical (unpaired) electrons. The van der Waals surface area contributed by atoms with E-state index in [1.54, 1.807) is 12.1 Å². The number of nitrogens with two attached hydrogens (primary N) is 1. The monoisotopic (exact) mass is 222 g/mol. The van der Waals surface area contributed by atoms with Crippen molar-refractivity contribution in [3.05, 3.63) is 29.8 Å². The van der Waals surface area contributed by atoms with Gasteiger partial charge in [0.1, 0.15) is 6.10 Å². The maximum atomic E-state index is 10.7. The normalized spacial score (nSPS) is 13.6. The van der Waals surface area contributed by atoms with Gasteiger partial charge in [-0.15, -0.1) is 0 Å². The van der Waals surface area contributed by atoms with Crippen molar-refractivity contribution in [1.82, 2.24) is 0 Å². The first-order chi connectivity index (χ1) is 7.57. The van der Waals surface area contributed by atoms with Crippen LogP contribution in [0.15, 0.2) is 29.3 Å². The van der Waals surface area contributed by atoms with E-state index >= 15 is 0 Å². The van der Waals surface area contributed by atoms with Crippen LogP contribution in [-0.2, 0) is 9.59 Å². The zero-order chi connectivity index (χ0) is 12.1. The maximum absolute atomic E-state index is 10.7. The van der Waals surface area contributed by atoms with Gasteiger partial charge < -0.3 is 15.9 Å². The quantitative estimate of drug-likeness (QED) is 0.472. The van der Waals surface area contributed by atoms with Gasteiger partial charge in [-0.25, -0.2) is 4.79 Å². The van der Waals surface area contributed by atoms with Crippen LogP contribution in [-0.4, -0.2) is 28.3 Å². The van der Waals surface area contributed by atoms with Crippen molar-refractivity contribution in [2.45, 2.75) is 12.2 Å². The molecule has 2 atom stereocenters. The number of benzene rings is 1. The Kier molecular flexibility index (Phi) is 3.90. The summed E-state index contributed by atoms with van der Waals surface area (Å²) in [6, 6.07) is 6.02. The van der Waals surface area contributed by atoms with Gasteiger partial charge in [-0.1, -0.05) is 18.2 Å². The highest BCUT2D eigenvalue weighted by Gasteiger charge is 2.25. The lowest BCUT2D eigenvalue weighted by Gasteiger charge is -2.16. The Morgan fingerprint density at radius 1 is 1.38 bits per heavy atom. The number of isocyanates is 1.